The minimum Gasteiger partial charge on any atom is -0.486 e. The second-order valence-electron chi connectivity index (χ2n) is 17.2. The fourth-order valence-electron chi connectivity index (χ4n) is 8.89. The molecule has 330 valence electrons. The van der Waals surface area contributed by atoms with Crippen molar-refractivity contribution < 1.29 is 18.9 Å². The number of fused-ring (bicyclic) bond motifs is 20. The van der Waals surface area contributed by atoms with Crippen LogP contribution in [0.1, 0.15) is 107 Å². The number of ether oxygens (including phenoxy) is 4. The molecule has 5 heterocycles. The minimum atomic E-state index is -0.179. The number of aromatic amines is 2. The third-order valence-electron chi connectivity index (χ3n) is 11.9. The second-order valence-corrected chi connectivity index (χ2v) is 17.2. The summed E-state index contributed by atoms with van der Waals surface area (Å²) in [7, 11) is 0. The van der Waals surface area contributed by atoms with Gasteiger partial charge in [0.05, 0.1) is 35.2 Å². The van der Waals surface area contributed by atoms with Crippen LogP contribution in [0, 0.1) is 0 Å². The van der Waals surface area contributed by atoms with E-state index in [1.54, 1.807) is 0 Å². The average Bonchev–Trinajstić information content (AvgIpc) is 4.02. The Labute approximate surface area is 374 Å². The van der Waals surface area contributed by atoms with Gasteiger partial charge in [-0.25, -0.2) is 29.9 Å². The van der Waals surface area contributed by atoms with Gasteiger partial charge < -0.3 is 28.9 Å². The normalized spacial score (nSPS) is 13.9. The largest absolute Gasteiger partial charge is 0.486 e. The molecule has 0 saturated heterocycles. The predicted molar refractivity (Wildman–Crippen MR) is 256 cm³/mol. The van der Waals surface area contributed by atoms with Crippen LogP contribution >= 0.6 is 0 Å². The molecule has 9 rings (SSSR count). The molecular formula is C52H58N8O4. The zero-order valence-electron chi connectivity index (χ0n) is 38.2. The van der Waals surface area contributed by atoms with Gasteiger partial charge >= 0.3 is 0 Å². The lowest BCUT2D eigenvalue weighted by molar-refractivity contribution is 0.140. The molecule has 7 aromatic rings. The molecule has 0 aliphatic carbocycles. The standard InChI is InChI=1S/C52H58N8O4/c1-9-19-29(5)61-41-39-40(42(62-30(6)20-10-2)44(64-32(8)22-12-4)43(41)63-31(7)21-11-3)52-59-50-38-28-18-16-26-36(38)48(57-50)55-46-34-24-14-13-23-33(34)45(53-46)54-47-35-25-15-17-27-37(35)49(56-47)58-51(39)60-52/h13-18,23-32H,9-12,19-22H2,1-8H3,(H2,53,54,55,56,57,58,59,60). The summed E-state index contributed by atoms with van der Waals surface area (Å²) >= 11 is 0. The van der Waals surface area contributed by atoms with Crippen LogP contribution in [0.4, 0.5) is 0 Å². The number of nitrogens with zero attached hydrogens (tertiary/aromatic N) is 6. The third kappa shape index (κ3) is 8.10. The van der Waals surface area contributed by atoms with E-state index in [-0.39, 0.29) is 24.4 Å². The number of aromatic nitrogens is 8. The van der Waals surface area contributed by atoms with Crippen molar-refractivity contribution in [3.63, 3.8) is 0 Å². The SMILES string of the molecule is CCCC(C)Oc1c(OC(C)CCC)c(OC(C)CCC)c2c3nc4nc(nc5[nH]c(nc6nc(nc([nH]3)c2c1OC(C)CCC)-c1ccccc1-6)c1ccccc51)-c1ccccc1-4. The first kappa shape index (κ1) is 42.7. The summed E-state index contributed by atoms with van der Waals surface area (Å²) in [6.45, 7) is 17.0. The van der Waals surface area contributed by atoms with Gasteiger partial charge in [0.15, 0.2) is 34.8 Å². The maximum atomic E-state index is 7.14. The van der Waals surface area contributed by atoms with Crippen molar-refractivity contribution in [3.05, 3.63) is 72.8 Å². The molecule has 2 aliphatic heterocycles. The molecule has 2 aliphatic rings. The summed E-state index contributed by atoms with van der Waals surface area (Å²) in [6.07, 6.45) is 6.36. The van der Waals surface area contributed by atoms with E-state index in [2.05, 4.69) is 65.4 Å². The van der Waals surface area contributed by atoms with Crippen molar-refractivity contribution in [2.75, 3.05) is 0 Å². The molecule has 64 heavy (non-hydrogen) atoms. The Morgan fingerprint density at radius 1 is 0.375 bits per heavy atom. The lowest BCUT2D eigenvalue weighted by atomic mass is 10.1. The number of hydrogen-bond acceptors (Lipinski definition) is 10. The Balaban J connectivity index is 1.51. The van der Waals surface area contributed by atoms with Crippen LogP contribution < -0.4 is 18.9 Å². The molecular weight excluding hydrogens is 801 g/mol. The van der Waals surface area contributed by atoms with E-state index in [1.165, 1.54) is 0 Å². The molecule has 0 spiro atoms. The Morgan fingerprint density at radius 2 is 0.656 bits per heavy atom. The zero-order chi connectivity index (χ0) is 44.5. The summed E-state index contributed by atoms with van der Waals surface area (Å²) in [6, 6.07) is 24.2. The van der Waals surface area contributed by atoms with Crippen molar-refractivity contribution in [3.8, 4) is 68.5 Å². The zero-order valence-corrected chi connectivity index (χ0v) is 38.2. The summed E-state index contributed by atoms with van der Waals surface area (Å²) in [5.74, 6) is 4.07. The van der Waals surface area contributed by atoms with E-state index in [1.807, 2.05) is 72.8 Å². The van der Waals surface area contributed by atoms with E-state index >= 15 is 0 Å². The number of benzene rings is 4. The van der Waals surface area contributed by atoms with Gasteiger partial charge in [-0.15, -0.1) is 0 Å². The van der Waals surface area contributed by atoms with E-state index in [4.69, 9.17) is 48.9 Å². The highest BCUT2D eigenvalue weighted by Crippen LogP contribution is 2.55. The van der Waals surface area contributed by atoms with Crippen molar-refractivity contribution in [2.24, 2.45) is 0 Å². The third-order valence-corrected chi connectivity index (χ3v) is 11.9. The van der Waals surface area contributed by atoms with Crippen LogP contribution in [-0.2, 0) is 0 Å². The van der Waals surface area contributed by atoms with Crippen molar-refractivity contribution >= 4 is 44.1 Å². The number of nitrogens with one attached hydrogen (secondary N) is 2. The van der Waals surface area contributed by atoms with Crippen LogP contribution in [0.2, 0.25) is 0 Å². The minimum absolute atomic E-state index is 0.162. The highest BCUT2D eigenvalue weighted by Gasteiger charge is 2.33. The van der Waals surface area contributed by atoms with Crippen LogP contribution in [0.25, 0.3) is 89.7 Å². The van der Waals surface area contributed by atoms with Crippen LogP contribution in [0.5, 0.6) is 23.0 Å². The highest BCUT2D eigenvalue weighted by molar-refractivity contribution is 6.14. The molecule has 12 heteroatoms. The quantitative estimate of drug-likeness (QED) is 0.0962. The second kappa shape index (κ2) is 18.3. The molecule has 0 saturated carbocycles. The Morgan fingerprint density at radius 3 is 0.984 bits per heavy atom. The van der Waals surface area contributed by atoms with E-state index in [0.717, 1.165) is 84.4 Å². The molecule has 4 aromatic carbocycles. The maximum absolute atomic E-state index is 7.14. The number of H-pyrrole nitrogens is 2. The summed E-state index contributed by atoms with van der Waals surface area (Å²) in [4.78, 5) is 38.8. The van der Waals surface area contributed by atoms with Gasteiger partial charge in [0, 0.05) is 33.0 Å². The topological polar surface area (TPSA) is 146 Å². The molecule has 12 nitrogen and oxygen atoms in total. The molecule has 0 fully saturated rings. The average molecular weight is 859 g/mol. The fraction of sp³-hybridized carbons (Fsp3) is 0.385. The molecule has 0 radical (unpaired) electrons. The van der Waals surface area contributed by atoms with Crippen molar-refractivity contribution in [1.29, 1.82) is 0 Å². The first-order valence-electron chi connectivity index (χ1n) is 23.2. The lowest BCUT2D eigenvalue weighted by Crippen LogP contribution is -2.20. The first-order chi connectivity index (χ1) is 31.2. The van der Waals surface area contributed by atoms with Gasteiger partial charge in [0.2, 0.25) is 11.5 Å². The molecule has 4 unspecified atom stereocenters. The number of rotatable bonds is 16. The fourth-order valence-corrected chi connectivity index (χ4v) is 8.89. The van der Waals surface area contributed by atoms with Crippen LogP contribution in [-0.4, -0.2) is 64.3 Å². The Kier molecular flexibility index (Phi) is 12.2. The van der Waals surface area contributed by atoms with E-state index in [9.17, 15) is 0 Å². The monoisotopic (exact) mass is 858 g/mol. The van der Waals surface area contributed by atoms with E-state index < -0.39 is 0 Å². The van der Waals surface area contributed by atoms with Gasteiger partial charge in [0.25, 0.3) is 0 Å². The summed E-state index contributed by atoms with van der Waals surface area (Å²) < 4.78 is 28.4. The van der Waals surface area contributed by atoms with E-state index in [0.29, 0.717) is 79.7 Å². The number of hydrogen-bond donors (Lipinski definition) is 2. The summed E-state index contributed by atoms with van der Waals surface area (Å²) in [5, 5.41) is 3.15. The molecule has 3 aromatic heterocycles. The lowest BCUT2D eigenvalue weighted by Gasteiger charge is -2.27. The molecule has 4 atom stereocenters. The first-order valence-corrected chi connectivity index (χ1v) is 23.2. The van der Waals surface area contributed by atoms with Crippen LogP contribution in [0.15, 0.2) is 72.8 Å². The van der Waals surface area contributed by atoms with Gasteiger partial charge in [-0.05, 0) is 53.4 Å². The van der Waals surface area contributed by atoms with Gasteiger partial charge in [0.1, 0.15) is 22.6 Å². The van der Waals surface area contributed by atoms with Gasteiger partial charge in [-0.3, -0.25) is 0 Å². The van der Waals surface area contributed by atoms with Crippen LogP contribution in [0.3, 0.4) is 0 Å². The van der Waals surface area contributed by atoms with Gasteiger partial charge in [-0.1, -0.05) is 126 Å². The predicted octanol–water partition coefficient (Wildman–Crippen LogP) is 13.1. The molecule has 0 amide bonds. The maximum Gasteiger partial charge on any atom is 0.208 e. The Hall–Kier alpha value is -6.56. The summed E-state index contributed by atoms with van der Waals surface area (Å²) in [5.41, 5.74) is 5.66. The molecule has 8 bridgehead atoms. The van der Waals surface area contributed by atoms with Crippen molar-refractivity contribution in [2.45, 2.75) is 131 Å². The smallest absolute Gasteiger partial charge is 0.208 e. The highest BCUT2D eigenvalue weighted by atomic mass is 16.6. The Bertz CT molecular complexity index is 2820. The van der Waals surface area contributed by atoms with Gasteiger partial charge in [-0.2, -0.15) is 0 Å². The molecule has 2 N–H and O–H groups in total. The van der Waals surface area contributed by atoms with Crippen molar-refractivity contribution in [1.82, 2.24) is 39.9 Å².